The predicted molar refractivity (Wildman–Crippen MR) is 93.9 cm³/mol. The molecule has 6 heteroatoms. The van der Waals surface area contributed by atoms with Crippen LogP contribution in [0.3, 0.4) is 0 Å². The minimum absolute atomic E-state index is 0.145. The van der Waals surface area contributed by atoms with Crippen molar-refractivity contribution in [1.82, 2.24) is 4.31 Å². The first-order valence-corrected chi connectivity index (χ1v) is 9.28. The van der Waals surface area contributed by atoms with Crippen molar-refractivity contribution in [2.75, 3.05) is 13.1 Å². The van der Waals surface area contributed by atoms with Crippen LogP contribution >= 0.6 is 11.6 Å². The number of sulfonamides is 1. The van der Waals surface area contributed by atoms with Crippen LogP contribution in [0.15, 0.2) is 53.4 Å². The van der Waals surface area contributed by atoms with E-state index in [2.05, 4.69) is 0 Å². The molecular weight excluding hydrogens is 332 g/mol. The Hall–Kier alpha value is -1.40. The van der Waals surface area contributed by atoms with Crippen LogP contribution in [0.1, 0.15) is 17.5 Å². The fourth-order valence-electron chi connectivity index (χ4n) is 2.30. The molecule has 0 radical (unpaired) electrons. The number of halogens is 1. The lowest BCUT2D eigenvalue weighted by Gasteiger charge is -2.23. The quantitative estimate of drug-likeness (QED) is 0.832. The van der Waals surface area contributed by atoms with Crippen molar-refractivity contribution in [2.24, 2.45) is 5.73 Å². The van der Waals surface area contributed by atoms with E-state index in [4.69, 9.17) is 17.3 Å². The zero-order valence-corrected chi connectivity index (χ0v) is 14.6. The maximum absolute atomic E-state index is 13.0. The maximum Gasteiger partial charge on any atom is 0.244 e. The van der Waals surface area contributed by atoms with Crippen molar-refractivity contribution < 1.29 is 8.42 Å². The van der Waals surface area contributed by atoms with Crippen LogP contribution in [-0.4, -0.2) is 25.8 Å². The van der Waals surface area contributed by atoms with Gasteiger partial charge in [0.05, 0.1) is 5.02 Å². The summed E-state index contributed by atoms with van der Waals surface area (Å²) in [4.78, 5) is 0.145. The Morgan fingerprint density at radius 3 is 2.43 bits per heavy atom. The Bertz CT molecular complexity index is 748. The summed E-state index contributed by atoms with van der Waals surface area (Å²) in [6, 6.07) is 14.5. The van der Waals surface area contributed by atoms with Crippen LogP contribution in [0.5, 0.6) is 0 Å². The second-order valence-corrected chi connectivity index (χ2v) is 7.64. The van der Waals surface area contributed by atoms with Crippen LogP contribution in [0, 0.1) is 6.92 Å². The molecule has 0 amide bonds. The monoisotopic (exact) mass is 352 g/mol. The van der Waals surface area contributed by atoms with Crippen LogP contribution in [0.4, 0.5) is 0 Å². The minimum Gasteiger partial charge on any atom is -0.330 e. The van der Waals surface area contributed by atoms with Crippen molar-refractivity contribution >= 4 is 21.6 Å². The summed E-state index contributed by atoms with van der Waals surface area (Å²) in [6.45, 7) is 2.89. The summed E-state index contributed by atoms with van der Waals surface area (Å²) in [7, 11) is -3.68. The van der Waals surface area contributed by atoms with Gasteiger partial charge in [-0.2, -0.15) is 4.31 Å². The van der Waals surface area contributed by atoms with Crippen molar-refractivity contribution in [3.05, 3.63) is 64.7 Å². The average Bonchev–Trinajstić information content (AvgIpc) is 2.54. The van der Waals surface area contributed by atoms with Gasteiger partial charge in [-0.15, -0.1) is 0 Å². The van der Waals surface area contributed by atoms with E-state index in [9.17, 15) is 8.42 Å². The van der Waals surface area contributed by atoms with Crippen LogP contribution in [-0.2, 0) is 16.6 Å². The molecule has 0 saturated carbocycles. The molecule has 0 unspecified atom stereocenters. The SMILES string of the molecule is Cc1cccc(S(=O)(=O)N(CCCN)Cc2ccccc2)c1Cl. The highest BCUT2D eigenvalue weighted by molar-refractivity contribution is 7.89. The molecule has 0 heterocycles. The topological polar surface area (TPSA) is 63.4 Å². The third-order valence-electron chi connectivity index (χ3n) is 3.59. The van der Waals surface area contributed by atoms with Crippen LogP contribution in [0.25, 0.3) is 0 Å². The molecule has 0 spiro atoms. The highest BCUT2D eigenvalue weighted by Crippen LogP contribution is 2.28. The molecule has 0 aromatic heterocycles. The molecular formula is C17H21ClN2O2S. The summed E-state index contributed by atoms with van der Waals surface area (Å²) in [5.74, 6) is 0. The van der Waals surface area contributed by atoms with Crippen molar-refractivity contribution in [3.63, 3.8) is 0 Å². The Balaban J connectivity index is 2.38. The highest BCUT2D eigenvalue weighted by atomic mass is 35.5. The summed E-state index contributed by atoms with van der Waals surface area (Å²) >= 11 is 6.23. The number of hydrogen-bond acceptors (Lipinski definition) is 3. The van der Waals surface area contributed by atoms with Gasteiger partial charge in [0.1, 0.15) is 4.90 Å². The average molecular weight is 353 g/mol. The van der Waals surface area contributed by atoms with Crippen molar-refractivity contribution in [3.8, 4) is 0 Å². The van der Waals surface area contributed by atoms with Gasteiger partial charge in [0.2, 0.25) is 10.0 Å². The lowest BCUT2D eigenvalue weighted by Crippen LogP contribution is -2.32. The van der Waals surface area contributed by atoms with Gasteiger partial charge in [0, 0.05) is 13.1 Å². The van der Waals surface area contributed by atoms with Gasteiger partial charge in [-0.25, -0.2) is 8.42 Å². The molecule has 2 aromatic rings. The van der Waals surface area contributed by atoms with E-state index in [0.29, 0.717) is 26.1 Å². The van der Waals surface area contributed by atoms with E-state index in [1.165, 1.54) is 4.31 Å². The first-order chi connectivity index (χ1) is 11.0. The van der Waals surface area contributed by atoms with E-state index in [-0.39, 0.29) is 9.92 Å². The van der Waals surface area contributed by atoms with Gasteiger partial charge >= 0.3 is 0 Å². The summed E-state index contributed by atoms with van der Waals surface area (Å²) in [6.07, 6.45) is 0.593. The zero-order valence-electron chi connectivity index (χ0n) is 13.1. The van der Waals surface area contributed by atoms with E-state index in [1.54, 1.807) is 25.1 Å². The molecule has 0 aliphatic carbocycles. The van der Waals surface area contributed by atoms with E-state index in [0.717, 1.165) is 11.1 Å². The molecule has 0 fully saturated rings. The van der Waals surface area contributed by atoms with Crippen molar-refractivity contribution in [2.45, 2.75) is 24.8 Å². The maximum atomic E-state index is 13.0. The number of aryl methyl sites for hydroxylation is 1. The van der Waals surface area contributed by atoms with Crippen molar-refractivity contribution in [1.29, 1.82) is 0 Å². The third-order valence-corrected chi connectivity index (χ3v) is 6.09. The molecule has 23 heavy (non-hydrogen) atoms. The van der Waals surface area contributed by atoms with Crippen LogP contribution < -0.4 is 5.73 Å². The Morgan fingerprint density at radius 1 is 1.09 bits per heavy atom. The summed E-state index contributed by atoms with van der Waals surface area (Å²) < 4.78 is 27.5. The zero-order chi connectivity index (χ0) is 16.9. The molecule has 2 aromatic carbocycles. The van der Waals surface area contributed by atoms with Gasteiger partial charge in [-0.3, -0.25) is 0 Å². The van der Waals surface area contributed by atoms with E-state index in [1.807, 2.05) is 30.3 Å². The Morgan fingerprint density at radius 2 is 1.78 bits per heavy atom. The van der Waals surface area contributed by atoms with E-state index >= 15 is 0 Å². The molecule has 2 rings (SSSR count). The molecule has 0 aliphatic heterocycles. The lowest BCUT2D eigenvalue weighted by molar-refractivity contribution is 0.402. The van der Waals surface area contributed by atoms with Gasteiger partial charge in [0.15, 0.2) is 0 Å². The molecule has 0 aliphatic rings. The van der Waals surface area contributed by atoms with Gasteiger partial charge in [-0.05, 0) is 37.1 Å². The number of rotatable bonds is 7. The highest BCUT2D eigenvalue weighted by Gasteiger charge is 2.27. The summed E-state index contributed by atoms with van der Waals surface area (Å²) in [5.41, 5.74) is 7.23. The Labute approximate surface area is 142 Å². The fraction of sp³-hybridized carbons (Fsp3) is 0.294. The molecule has 0 bridgehead atoms. The lowest BCUT2D eigenvalue weighted by atomic mass is 10.2. The van der Waals surface area contributed by atoms with E-state index < -0.39 is 10.0 Å². The first-order valence-electron chi connectivity index (χ1n) is 7.46. The number of nitrogens with zero attached hydrogens (tertiary/aromatic N) is 1. The second-order valence-electron chi connectivity index (χ2n) is 5.35. The number of benzene rings is 2. The molecule has 2 N–H and O–H groups in total. The normalized spacial score (nSPS) is 11.8. The second kappa shape index (κ2) is 7.93. The number of hydrogen-bond donors (Lipinski definition) is 1. The standard InChI is InChI=1S/C17H21ClN2O2S/c1-14-7-5-10-16(17(14)18)23(21,22)20(12-6-11-19)13-15-8-3-2-4-9-15/h2-5,7-10H,6,11-13,19H2,1H3. The molecule has 0 saturated heterocycles. The predicted octanol–water partition coefficient (Wildman–Crippen LogP) is 3.19. The molecule has 124 valence electrons. The van der Waals surface area contributed by atoms with Gasteiger partial charge in [0.25, 0.3) is 0 Å². The summed E-state index contributed by atoms with van der Waals surface area (Å²) in [5, 5.41) is 0.276. The van der Waals surface area contributed by atoms with Gasteiger partial charge in [-0.1, -0.05) is 54.1 Å². The molecule has 4 nitrogen and oxygen atoms in total. The third kappa shape index (κ3) is 4.32. The molecule has 0 atom stereocenters. The largest absolute Gasteiger partial charge is 0.330 e. The van der Waals surface area contributed by atoms with Crippen LogP contribution in [0.2, 0.25) is 5.02 Å². The Kier molecular flexibility index (Phi) is 6.18. The van der Waals surface area contributed by atoms with Gasteiger partial charge < -0.3 is 5.73 Å². The number of nitrogens with two attached hydrogens (primary N) is 1. The minimum atomic E-state index is -3.68. The fourth-order valence-corrected chi connectivity index (χ4v) is 4.32. The first kappa shape index (κ1) is 17.9. The smallest absolute Gasteiger partial charge is 0.244 e.